The minimum atomic E-state index is 0.177. The summed E-state index contributed by atoms with van der Waals surface area (Å²) in [6, 6.07) is 9.81. The second kappa shape index (κ2) is 5.38. The minimum absolute atomic E-state index is 0.177. The number of hydrogen-bond acceptors (Lipinski definition) is 6. The number of nitrogens with zero attached hydrogens (tertiary/aromatic N) is 3. The van der Waals surface area contributed by atoms with E-state index in [4.69, 9.17) is 11.0 Å². The van der Waals surface area contributed by atoms with Crippen LogP contribution < -0.4 is 11.1 Å². The van der Waals surface area contributed by atoms with Crippen LogP contribution in [0.3, 0.4) is 0 Å². The highest BCUT2D eigenvalue weighted by atomic mass is 32.2. The van der Waals surface area contributed by atoms with Crippen LogP contribution >= 0.6 is 11.8 Å². The molecule has 3 N–H and O–H groups in total. The molecule has 1 aromatic carbocycles. The van der Waals surface area contributed by atoms with Crippen LogP contribution in [0.5, 0.6) is 0 Å². The maximum atomic E-state index is 9.01. The van der Waals surface area contributed by atoms with Gasteiger partial charge in [0.15, 0.2) is 5.82 Å². The first kappa shape index (κ1) is 12.2. The lowest BCUT2D eigenvalue weighted by Gasteiger charge is -2.08. The van der Waals surface area contributed by atoms with Crippen LogP contribution in [0.15, 0.2) is 35.5 Å². The van der Waals surface area contributed by atoms with Crippen LogP contribution in [0.4, 0.5) is 17.3 Å². The molecule has 0 aliphatic carbocycles. The molecule has 0 fully saturated rings. The van der Waals surface area contributed by atoms with Gasteiger partial charge in [-0.2, -0.15) is 5.26 Å². The first-order valence-corrected chi connectivity index (χ1v) is 6.38. The number of nitriles is 1. The largest absolute Gasteiger partial charge is 0.382 e. The SMILES string of the molecule is CSc1ccc(Nc2ncnc(N)c2C#N)cc1. The first-order valence-electron chi connectivity index (χ1n) is 5.16. The van der Waals surface area contributed by atoms with E-state index in [2.05, 4.69) is 15.3 Å². The third kappa shape index (κ3) is 2.52. The number of aromatic nitrogens is 2. The summed E-state index contributed by atoms with van der Waals surface area (Å²) in [5.74, 6) is 0.595. The summed E-state index contributed by atoms with van der Waals surface area (Å²) in [4.78, 5) is 8.97. The molecule has 0 saturated heterocycles. The fourth-order valence-corrected chi connectivity index (χ4v) is 1.82. The molecule has 2 aromatic rings. The van der Waals surface area contributed by atoms with Gasteiger partial charge < -0.3 is 11.1 Å². The Hall–Kier alpha value is -2.26. The molecule has 0 amide bonds. The summed E-state index contributed by atoms with van der Waals surface area (Å²) in [6.07, 6.45) is 3.34. The van der Waals surface area contributed by atoms with Crippen LogP contribution in [0.2, 0.25) is 0 Å². The van der Waals surface area contributed by atoms with Crippen LogP contribution in [0.25, 0.3) is 0 Å². The van der Waals surface area contributed by atoms with E-state index < -0.39 is 0 Å². The summed E-state index contributed by atoms with van der Waals surface area (Å²) >= 11 is 1.67. The fourth-order valence-electron chi connectivity index (χ4n) is 1.42. The molecule has 0 unspecified atom stereocenters. The second-order valence-electron chi connectivity index (χ2n) is 3.45. The van der Waals surface area contributed by atoms with Crippen LogP contribution in [-0.4, -0.2) is 16.2 Å². The third-order valence-electron chi connectivity index (χ3n) is 2.34. The van der Waals surface area contributed by atoms with Crippen molar-refractivity contribution >= 4 is 29.1 Å². The Balaban J connectivity index is 2.28. The summed E-state index contributed by atoms with van der Waals surface area (Å²) in [7, 11) is 0. The van der Waals surface area contributed by atoms with E-state index in [-0.39, 0.29) is 11.4 Å². The Labute approximate surface area is 109 Å². The van der Waals surface area contributed by atoms with Crippen molar-refractivity contribution in [2.75, 3.05) is 17.3 Å². The van der Waals surface area contributed by atoms with Gasteiger partial charge in [-0.05, 0) is 30.5 Å². The van der Waals surface area contributed by atoms with Crippen molar-refractivity contribution in [2.45, 2.75) is 4.90 Å². The van der Waals surface area contributed by atoms with E-state index in [0.717, 1.165) is 5.69 Å². The summed E-state index contributed by atoms with van der Waals surface area (Å²) in [6.45, 7) is 0. The van der Waals surface area contributed by atoms with Crippen molar-refractivity contribution in [3.05, 3.63) is 36.2 Å². The predicted molar refractivity (Wildman–Crippen MR) is 72.7 cm³/mol. The van der Waals surface area contributed by atoms with E-state index in [1.165, 1.54) is 11.2 Å². The Morgan fingerprint density at radius 3 is 2.61 bits per heavy atom. The van der Waals surface area contributed by atoms with E-state index >= 15 is 0 Å². The van der Waals surface area contributed by atoms with E-state index in [1.54, 1.807) is 11.8 Å². The molecule has 1 heterocycles. The average Bonchev–Trinajstić information content (AvgIpc) is 2.40. The minimum Gasteiger partial charge on any atom is -0.382 e. The lowest BCUT2D eigenvalue weighted by molar-refractivity contribution is 1.16. The molecule has 0 bridgehead atoms. The van der Waals surface area contributed by atoms with Crippen LogP contribution in [0.1, 0.15) is 5.56 Å². The zero-order chi connectivity index (χ0) is 13.0. The lowest BCUT2D eigenvalue weighted by atomic mass is 10.2. The zero-order valence-electron chi connectivity index (χ0n) is 9.71. The molecule has 90 valence electrons. The molecule has 0 radical (unpaired) electrons. The molecule has 5 nitrogen and oxygen atoms in total. The van der Waals surface area contributed by atoms with E-state index in [1.807, 2.05) is 36.6 Å². The number of thioether (sulfide) groups is 1. The van der Waals surface area contributed by atoms with Gasteiger partial charge in [0, 0.05) is 10.6 Å². The van der Waals surface area contributed by atoms with E-state index in [9.17, 15) is 0 Å². The fraction of sp³-hybridized carbons (Fsp3) is 0.0833. The molecular weight excluding hydrogens is 246 g/mol. The maximum Gasteiger partial charge on any atom is 0.153 e. The Morgan fingerprint density at radius 2 is 2.00 bits per heavy atom. The molecule has 1 aromatic heterocycles. The first-order chi connectivity index (χ1) is 8.74. The molecule has 0 atom stereocenters. The van der Waals surface area contributed by atoms with Crippen LogP contribution in [-0.2, 0) is 0 Å². The second-order valence-corrected chi connectivity index (χ2v) is 4.33. The highest BCUT2D eigenvalue weighted by molar-refractivity contribution is 7.98. The van der Waals surface area contributed by atoms with Gasteiger partial charge in [0.1, 0.15) is 23.8 Å². The smallest absolute Gasteiger partial charge is 0.153 e. The monoisotopic (exact) mass is 257 g/mol. The summed E-state index contributed by atoms with van der Waals surface area (Å²) < 4.78 is 0. The number of hydrogen-bond donors (Lipinski definition) is 2. The lowest BCUT2D eigenvalue weighted by Crippen LogP contribution is -2.02. The quantitative estimate of drug-likeness (QED) is 0.821. The van der Waals surface area contributed by atoms with Crippen molar-refractivity contribution in [3.8, 4) is 6.07 Å². The van der Waals surface area contributed by atoms with Crippen molar-refractivity contribution in [2.24, 2.45) is 0 Å². The van der Waals surface area contributed by atoms with Gasteiger partial charge >= 0.3 is 0 Å². The summed E-state index contributed by atoms with van der Waals surface area (Å²) in [5, 5.41) is 12.1. The Morgan fingerprint density at radius 1 is 1.28 bits per heavy atom. The van der Waals surface area contributed by atoms with Gasteiger partial charge in [-0.25, -0.2) is 9.97 Å². The molecule has 0 saturated carbocycles. The van der Waals surface area contributed by atoms with Gasteiger partial charge in [0.2, 0.25) is 0 Å². The highest BCUT2D eigenvalue weighted by Crippen LogP contribution is 2.23. The molecular formula is C12H11N5S. The van der Waals surface area contributed by atoms with Crippen molar-refractivity contribution < 1.29 is 0 Å². The summed E-state index contributed by atoms with van der Waals surface area (Å²) in [5.41, 5.74) is 6.72. The maximum absolute atomic E-state index is 9.01. The molecule has 6 heteroatoms. The van der Waals surface area contributed by atoms with Crippen molar-refractivity contribution in [3.63, 3.8) is 0 Å². The van der Waals surface area contributed by atoms with Crippen molar-refractivity contribution in [1.29, 1.82) is 5.26 Å². The number of nitrogens with two attached hydrogens (primary N) is 1. The molecule has 0 aliphatic heterocycles. The average molecular weight is 257 g/mol. The normalized spacial score (nSPS) is 9.78. The number of rotatable bonds is 3. The van der Waals surface area contributed by atoms with Gasteiger partial charge in [-0.1, -0.05) is 0 Å². The molecule has 18 heavy (non-hydrogen) atoms. The van der Waals surface area contributed by atoms with E-state index in [0.29, 0.717) is 5.82 Å². The number of nitrogen functional groups attached to an aromatic ring is 1. The molecule has 2 rings (SSSR count). The standard InChI is InChI=1S/C12H11N5S/c1-18-9-4-2-8(3-5-9)17-12-10(6-13)11(14)15-7-16-12/h2-5,7H,1H3,(H3,14,15,16,17). The number of benzene rings is 1. The third-order valence-corrected chi connectivity index (χ3v) is 3.08. The Bertz CT molecular complexity index is 588. The Kier molecular flexibility index (Phi) is 3.65. The van der Waals surface area contributed by atoms with Crippen LogP contribution in [0, 0.1) is 11.3 Å². The van der Waals surface area contributed by atoms with Gasteiger partial charge in [0.25, 0.3) is 0 Å². The molecule has 0 spiro atoms. The highest BCUT2D eigenvalue weighted by Gasteiger charge is 2.08. The predicted octanol–water partition coefficient (Wildman–Crippen LogP) is 2.40. The van der Waals surface area contributed by atoms with Crippen molar-refractivity contribution in [1.82, 2.24) is 9.97 Å². The topological polar surface area (TPSA) is 87.6 Å². The van der Waals surface area contributed by atoms with Gasteiger partial charge in [0.05, 0.1) is 0 Å². The van der Waals surface area contributed by atoms with Gasteiger partial charge in [-0.15, -0.1) is 11.8 Å². The number of nitrogens with one attached hydrogen (secondary N) is 1. The number of anilines is 3. The zero-order valence-corrected chi connectivity index (χ0v) is 10.5. The van der Waals surface area contributed by atoms with Gasteiger partial charge in [-0.3, -0.25) is 0 Å². The molecule has 0 aliphatic rings.